The molecule has 0 aromatic carbocycles. The molecule has 4 rings (SSSR count). The fourth-order valence-corrected chi connectivity index (χ4v) is 3.43. The zero-order valence-electron chi connectivity index (χ0n) is 14.9. The van der Waals surface area contributed by atoms with Gasteiger partial charge in [-0.2, -0.15) is 13.2 Å². The lowest BCUT2D eigenvalue weighted by molar-refractivity contribution is -0.137. The van der Waals surface area contributed by atoms with Gasteiger partial charge in [-0.1, -0.05) is 12.2 Å². The number of nitrogens with zero attached hydrogens (tertiary/aromatic N) is 2. The van der Waals surface area contributed by atoms with Gasteiger partial charge in [0.05, 0.1) is 5.69 Å². The summed E-state index contributed by atoms with van der Waals surface area (Å²) in [6.45, 7) is 1.92. The summed E-state index contributed by atoms with van der Waals surface area (Å²) >= 11 is 0. The molecule has 0 saturated carbocycles. The van der Waals surface area contributed by atoms with Crippen molar-refractivity contribution in [1.29, 1.82) is 0 Å². The molecule has 2 aliphatic rings. The zero-order valence-corrected chi connectivity index (χ0v) is 14.9. The van der Waals surface area contributed by atoms with Gasteiger partial charge in [0, 0.05) is 42.7 Å². The van der Waals surface area contributed by atoms with Crippen LogP contribution >= 0.6 is 0 Å². The molecule has 1 fully saturated rings. The number of hydrogen-bond acceptors (Lipinski definition) is 5. The third-order valence-electron chi connectivity index (χ3n) is 4.79. The Morgan fingerprint density at radius 2 is 2.14 bits per heavy atom. The fraction of sp³-hybridized carbons (Fsp3) is 0.389. The van der Waals surface area contributed by atoms with Gasteiger partial charge in [0.25, 0.3) is 5.91 Å². The molecule has 0 aliphatic carbocycles. The van der Waals surface area contributed by atoms with Crippen molar-refractivity contribution in [2.45, 2.75) is 25.1 Å². The second-order valence-electron chi connectivity index (χ2n) is 6.74. The number of piperidine rings is 1. The summed E-state index contributed by atoms with van der Waals surface area (Å²) in [6, 6.07) is 0.0485. The Balaban J connectivity index is 1.78. The number of hydrogen-bond donors (Lipinski definition) is 4. The summed E-state index contributed by atoms with van der Waals surface area (Å²) in [4.78, 5) is 22.9. The van der Waals surface area contributed by atoms with Crippen LogP contribution in [0.25, 0.3) is 17.3 Å². The van der Waals surface area contributed by atoms with Crippen LogP contribution in [0.15, 0.2) is 18.5 Å². The first-order chi connectivity index (χ1) is 13.4. The maximum Gasteiger partial charge on any atom is 0.419 e. The van der Waals surface area contributed by atoms with Crippen LogP contribution in [0, 0.1) is 0 Å². The van der Waals surface area contributed by atoms with Crippen LogP contribution in [-0.4, -0.2) is 46.5 Å². The van der Waals surface area contributed by atoms with Gasteiger partial charge in [-0.3, -0.25) is 4.79 Å². The number of amides is 1. The van der Waals surface area contributed by atoms with Crippen molar-refractivity contribution in [3.8, 4) is 11.3 Å². The average molecular weight is 392 g/mol. The van der Waals surface area contributed by atoms with E-state index >= 15 is 0 Å². The minimum Gasteiger partial charge on any atom is -0.356 e. The molecule has 1 amide bonds. The first kappa shape index (κ1) is 18.5. The molecule has 4 N–H and O–H groups in total. The van der Waals surface area contributed by atoms with Crippen LogP contribution < -0.4 is 16.0 Å². The van der Waals surface area contributed by atoms with Crippen molar-refractivity contribution in [3.63, 3.8) is 0 Å². The van der Waals surface area contributed by atoms with E-state index in [4.69, 9.17) is 0 Å². The highest BCUT2D eigenvalue weighted by molar-refractivity contribution is 6.00. The standard InChI is InChI=1S/C18H19F3N6O/c19-18(20,21)13-9-25-17(26-10-3-1-5-22-7-10)27-14(13)12-8-24-15-11(12)4-2-6-23-16(15)28/h2,4,8-10,22,24H,1,3,5-7H2,(H,23,28)(H,25,26,27). The highest BCUT2D eigenvalue weighted by atomic mass is 19.4. The van der Waals surface area contributed by atoms with Gasteiger partial charge < -0.3 is 20.9 Å². The number of alkyl halides is 3. The van der Waals surface area contributed by atoms with E-state index in [1.165, 1.54) is 6.20 Å². The molecule has 1 saturated heterocycles. The van der Waals surface area contributed by atoms with Gasteiger partial charge in [0.2, 0.25) is 5.95 Å². The smallest absolute Gasteiger partial charge is 0.356 e. The largest absolute Gasteiger partial charge is 0.419 e. The lowest BCUT2D eigenvalue weighted by Crippen LogP contribution is -2.38. The van der Waals surface area contributed by atoms with Gasteiger partial charge in [-0.25, -0.2) is 9.97 Å². The molecule has 1 unspecified atom stereocenters. The highest BCUT2D eigenvalue weighted by Gasteiger charge is 2.37. The maximum atomic E-state index is 13.6. The maximum absolute atomic E-state index is 13.6. The van der Waals surface area contributed by atoms with E-state index in [-0.39, 0.29) is 34.8 Å². The first-order valence-electron chi connectivity index (χ1n) is 9.01. The van der Waals surface area contributed by atoms with Crippen molar-refractivity contribution < 1.29 is 18.0 Å². The number of anilines is 1. The average Bonchev–Trinajstić information content (AvgIpc) is 3.00. The Morgan fingerprint density at radius 1 is 1.29 bits per heavy atom. The normalized spacial score (nSPS) is 19.7. The molecule has 0 bridgehead atoms. The molecular weight excluding hydrogens is 373 g/mol. The lowest BCUT2D eigenvalue weighted by Gasteiger charge is -2.24. The molecule has 2 aromatic rings. The number of nitrogens with one attached hydrogen (secondary N) is 4. The number of fused-ring (bicyclic) bond motifs is 1. The predicted molar refractivity (Wildman–Crippen MR) is 97.7 cm³/mol. The van der Waals surface area contributed by atoms with Gasteiger partial charge in [-0.15, -0.1) is 0 Å². The molecule has 148 valence electrons. The third-order valence-corrected chi connectivity index (χ3v) is 4.79. The first-order valence-corrected chi connectivity index (χ1v) is 9.01. The molecule has 7 nitrogen and oxygen atoms in total. The number of carbonyl (C=O) groups is 1. The molecule has 10 heteroatoms. The van der Waals surface area contributed by atoms with Crippen LogP contribution in [0.5, 0.6) is 0 Å². The number of halogens is 3. The number of carbonyl (C=O) groups excluding carboxylic acids is 1. The summed E-state index contributed by atoms with van der Waals surface area (Å²) in [6.07, 6.45) is 2.71. The second-order valence-corrected chi connectivity index (χ2v) is 6.74. The van der Waals surface area contributed by atoms with Crippen molar-refractivity contribution in [2.75, 3.05) is 25.0 Å². The van der Waals surface area contributed by atoms with Crippen LogP contribution in [-0.2, 0) is 6.18 Å². The van der Waals surface area contributed by atoms with E-state index in [1.807, 2.05) is 0 Å². The molecule has 28 heavy (non-hydrogen) atoms. The van der Waals surface area contributed by atoms with Crippen LogP contribution in [0.1, 0.15) is 34.5 Å². The molecule has 4 heterocycles. The van der Waals surface area contributed by atoms with Gasteiger partial charge in [0.1, 0.15) is 11.3 Å². The van der Waals surface area contributed by atoms with E-state index in [2.05, 4.69) is 30.9 Å². The summed E-state index contributed by atoms with van der Waals surface area (Å²) in [7, 11) is 0. The monoisotopic (exact) mass is 392 g/mol. The predicted octanol–water partition coefficient (Wildman–Crippen LogP) is 2.41. The van der Waals surface area contributed by atoms with Crippen molar-refractivity contribution >= 4 is 17.9 Å². The molecule has 0 spiro atoms. The third kappa shape index (κ3) is 3.59. The van der Waals surface area contributed by atoms with E-state index in [9.17, 15) is 18.0 Å². The quantitative estimate of drug-likeness (QED) is 0.644. The minimum atomic E-state index is -4.62. The molecule has 0 radical (unpaired) electrons. The van der Waals surface area contributed by atoms with Crippen LogP contribution in [0.4, 0.5) is 19.1 Å². The Hall–Kier alpha value is -2.88. The van der Waals surface area contributed by atoms with Gasteiger partial charge >= 0.3 is 6.18 Å². The fourth-order valence-electron chi connectivity index (χ4n) is 3.43. The SMILES string of the molecule is O=C1NCC=Cc2c(-c3nc(NC4CCCNC4)ncc3C(F)(F)F)c[nH]c21. The summed E-state index contributed by atoms with van der Waals surface area (Å²) in [5, 5.41) is 8.98. The van der Waals surface area contributed by atoms with Crippen molar-refractivity contribution in [3.05, 3.63) is 35.3 Å². The van der Waals surface area contributed by atoms with Crippen molar-refractivity contribution in [2.24, 2.45) is 0 Å². The van der Waals surface area contributed by atoms with Crippen LogP contribution in [0.2, 0.25) is 0 Å². The Bertz CT molecular complexity index is 915. The number of aromatic nitrogens is 3. The summed E-state index contributed by atoms with van der Waals surface area (Å²) in [5.74, 6) is -0.241. The topological polar surface area (TPSA) is 94.7 Å². The van der Waals surface area contributed by atoms with E-state index < -0.39 is 11.7 Å². The van der Waals surface area contributed by atoms with E-state index in [1.54, 1.807) is 12.2 Å². The van der Waals surface area contributed by atoms with Crippen molar-refractivity contribution in [1.82, 2.24) is 25.6 Å². The van der Waals surface area contributed by atoms with Gasteiger partial charge in [-0.05, 0) is 19.4 Å². The lowest BCUT2D eigenvalue weighted by atomic mass is 10.0. The minimum absolute atomic E-state index is 0.0485. The van der Waals surface area contributed by atoms with Gasteiger partial charge in [0.15, 0.2) is 0 Å². The Kier molecular flexibility index (Phi) is 4.80. The van der Waals surface area contributed by atoms with Crippen LogP contribution in [0.3, 0.4) is 0 Å². The zero-order chi connectivity index (χ0) is 19.7. The second kappa shape index (κ2) is 7.27. The number of H-pyrrole nitrogens is 1. The Labute approximate surface area is 158 Å². The van der Waals surface area contributed by atoms with E-state index in [0.717, 1.165) is 25.6 Å². The number of rotatable bonds is 3. The highest BCUT2D eigenvalue weighted by Crippen LogP contribution is 2.38. The molecular formula is C18H19F3N6O. The van der Waals surface area contributed by atoms with E-state index in [0.29, 0.717) is 18.7 Å². The molecule has 2 aromatic heterocycles. The Morgan fingerprint density at radius 3 is 2.89 bits per heavy atom. The summed E-state index contributed by atoms with van der Waals surface area (Å²) in [5.41, 5.74) is -0.404. The molecule has 1 atom stereocenters. The number of aromatic amines is 1. The molecule has 2 aliphatic heterocycles. The summed E-state index contributed by atoms with van der Waals surface area (Å²) < 4.78 is 40.8.